The number of aryl methyl sites for hydroxylation is 2. The second kappa shape index (κ2) is 19.4. The van der Waals surface area contributed by atoms with Gasteiger partial charge in [0, 0.05) is 112 Å². The summed E-state index contributed by atoms with van der Waals surface area (Å²) in [6.07, 6.45) is 14.5. The van der Waals surface area contributed by atoms with E-state index >= 15 is 0 Å². The third-order valence-corrected chi connectivity index (χ3v) is 11.7. The molecule has 9 heterocycles. The van der Waals surface area contributed by atoms with Crippen LogP contribution in [-0.2, 0) is 13.1 Å². The predicted molar refractivity (Wildman–Crippen MR) is 236 cm³/mol. The number of alkyl halides is 4. The number of nitrogens with one attached hydrogen (secondary N) is 1. The summed E-state index contributed by atoms with van der Waals surface area (Å²) in [4.78, 5) is 22.2. The summed E-state index contributed by atoms with van der Waals surface area (Å²) in [5, 5.41) is 20.8. The minimum absolute atomic E-state index is 0.0358. The lowest BCUT2D eigenvalue weighted by Gasteiger charge is -2.31. The topological polar surface area (TPSA) is 131 Å². The van der Waals surface area contributed by atoms with Crippen LogP contribution >= 0.6 is 11.6 Å². The molecule has 63 heavy (non-hydrogen) atoms. The van der Waals surface area contributed by atoms with Crippen LogP contribution in [0, 0.1) is 0 Å². The maximum absolute atomic E-state index is 13.3. The van der Waals surface area contributed by atoms with Crippen LogP contribution in [0.15, 0.2) is 85.8 Å². The molecule has 0 radical (unpaired) electrons. The summed E-state index contributed by atoms with van der Waals surface area (Å²) >= 11 is 5.96. The Kier molecular flexibility index (Phi) is 13.5. The fraction of sp³-hybridized carbons (Fsp3) is 0.422. The van der Waals surface area contributed by atoms with E-state index in [0.717, 1.165) is 88.9 Å². The molecular formula is C45H50ClF4N13. The highest BCUT2D eigenvalue weighted by molar-refractivity contribution is 6.29. The molecule has 330 valence electrons. The lowest BCUT2D eigenvalue weighted by atomic mass is 10.1. The summed E-state index contributed by atoms with van der Waals surface area (Å²) in [7, 11) is 0. The van der Waals surface area contributed by atoms with Crippen LogP contribution in [0.2, 0.25) is 5.15 Å². The zero-order valence-electron chi connectivity index (χ0n) is 35.3. The maximum Gasteiger partial charge on any atom is 0.250 e. The smallest absolute Gasteiger partial charge is 0.250 e. The number of rotatable bonds is 13. The fourth-order valence-corrected chi connectivity index (χ4v) is 7.81. The Morgan fingerprint density at radius 3 is 1.67 bits per heavy atom. The van der Waals surface area contributed by atoms with Gasteiger partial charge in [-0.2, -0.15) is 15.3 Å². The second-order valence-electron chi connectivity index (χ2n) is 16.6. The highest BCUT2D eigenvalue weighted by Crippen LogP contribution is 2.30. The molecule has 0 aromatic carbocycles. The highest BCUT2D eigenvalue weighted by Gasteiger charge is 2.34. The molecule has 2 aliphatic heterocycles. The number of piperidine rings is 2. The van der Waals surface area contributed by atoms with E-state index in [9.17, 15) is 17.6 Å². The molecule has 2 fully saturated rings. The molecule has 7 aromatic rings. The van der Waals surface area contributed by atoms with Gasteiger partial charge in [0.2, 0.25) is 0 Å². The van der Waals surface area contributed by atoms with Crippen molar-refractivity contribution < 1.29 is 17.6 Å². The van der Waals surface area contributed by atoms with Crippen LogP contribution < -0.4 is 5.32 Å². The summed E-state index contributed by atoms with van der Waals surface area (Å²) in [5.74, 6) is -3.31. The molecule has 0 saturated carbocycles. The number of aromatic nitrogens is 10. The van der Waals surface area contributed by atoms with Gasteiger partial charge in [0.1, 0.15) is 11.0 Å². The Labute approximate surface area is 367 Å². The van der Waals surface area contributed by atoms with Gasteiger partial charge < -0.3 is 15.1 Å². The summed E-state index contributed by atoms with van der Waals surface area (Å²) < 4.78 is 56.8. The zero-order valence-corrected chi connectivity index (χ0v) is 36.1. The number of pyridine rings is 4. The van der Waals surface area contributed by atoms with E-state index in [-0.39, 0.29) is 25.7 Å². The van der Waals surface area contributed by atoms with E-state index < -0.39 is 11.8 Å². The number of likely N-dealkylation sites (tertiary alicyclic amines) is 2. The standard InChI is InChI=1S/C26H30F2N8.C19H20ClF2N5/c1-18(2)19-13-25(34-30-15-19)33-24-5-4-22-23(32-24)12-20(14-29-22)21-16-31-36(17-21)9-3-8-35-10-6-26(27,28)7-11-35;20-18-3-2-16-17(25-18)10-14(11-23-16)15-12-24-27(13-15)7-1-6-26-8-4-19(21,22)5-9-26/h4-5,12-18H,3,6-11H2,1-2H3,(H,32,33,34);2-3,10-13H,1,4-9H2. The Morgan fingerprint density at radius 2 is 1.13 bits per heavy atom. The first kappa shape index (κ1) is 44.0. The average Bonchev–Trinajstić information content (AvgIpc) is 3.95. The molecule has 7 aromatic heterocycles. The van der Waals surface area contributed by atoms with Crippen molar-refractivity contribution in [3.05, 3.63) is 96.6 Å². The number of fused-ring (bicyclic) bond motifs is 2. The average molecular weight is 884 g/mol. The van der Waals surface area contributed by atoms with Gasteiger partial charge in [-0.05, 0) is 79.9 Å². The highest BCUT2D eigenvalue weighted by atomic mass is 35.5. The minimum atomic E-state index is -2.50. The molecule has 9 rings (SSSR count). The normalized spacial score (nSPS) is 16.6. The van der Waals surface area contributed by atoms with Gasteiger partial charge in [-0.15, -0.1) is 5.10 Å². The molecule has 18 heteroatoms. The predicted octanol–water partition coefficient (Wildman–Crippen LogP) is 9.54. The Bertz CT molecular complexity index is 2610. The van der Waals surface area contributed by atoms with Crippen molar-refractivity contribution in [2.24, 2.45) is 0 Å². The first-order valence-electron chi connectivity index (χ1n) is 21.4. The van der Waals surface area contributed by atoms with E-state index in [0.29, 0.717) is 48.9 Å². The molecule has 0 amide bonds. The molecule has 13 nitrogen and oxygen atoms in total. The monoisotopic (exact) mass is 883 g/mol. The first-order valence-corrected chi connectivity index (χ1v) is 21.8. The quantitative estimate of drug-likeness (QED) is 0.0878. The van der Waals surface area contributed by atoms with Crippen molar-refractivity contribution >= 4 is 45.3 Å². The molecule has 0 bridgehead atoms. The molecular weight excluding hydrogens is 834 g/mol. The fourth-order valence-electron chi connectivity index (χ4n) is 7.65. The number of halogens is 5. The molecule has 0 aliphatic carbocycles. The van der Waals surface area contributed by atoms with Crippen LogP contribution in [0.5, 0.6) is 0 Å². The number of hydrogen-bond donors (Lipinski definition) is 1. The Hall–Kier alpha value is -5.65. The van der Waals surface area contributed by atoms with Gasteiger partial charge >= 0.3 is 0 Å². The summed E-state index contributed by atoms with van der Waals surface area (Å²) in [6.45, 7) is 9.17. The van der Waals surface area contributed by atoms with Gasteiger partial charge in [0.25, 0.3) is 11.8 Å². The van der Waals surface area contributed by atoms with Crippen LogP contribution in [0.1, 0.15) is 63.9 Å². The van der Waals surface area contributed by atoms with Gasteiger partial charge in [0.15, 0.2) is 5.82 Å². The second-order valence-corrected chi connectivity index (χ2v) is 17.0. The van der Waals surface area contributed by atoms with E-state index in [1.54, 1.807) is 24.7 Å². The molecule has 0 unspecified atom stereocenters. The van der Waals surface area contributed by atoms with E-state index in [1.807, 2.05) is 70.5 Å². The van der Waals surface area contributed by atoms with Crippen molar-refractivity contribution in [3.63, 3.8) is 0 Å². The van der Waals surface area contributed by atoms with E-state index in [2.05, 4.69) is 64.3 Å². The van der Waals surface area contributed by atoms with Crippen molar-refractivity contribution in [1.29, 1.82) is 0 Å². The summed E-state index contributed by atoms with van der Waals surface area (Å²) in [6, 6.07) is 13.3. The molecule has 2 saturated heterocycles. The van der Waals surface area contributed by atoms with Crippen LogP contribution in [-0.4, -0.2) is 111 Å². The van der Waals surface area contributed by atoms with Crippen molar-refractivity contribution in [2.45, 2.75) is 83.2 Å². The molecule has 1 N–H and O–H groups in total. The van der Waals surface area contributed by atoms with Crippen LogP contribution in [0.25, 0.3) is 44.3 Å². The third kappa shape index (κ3) is 11.9. The minimum Gasteiger partial charge on any atom is -0.323 e. The van der Waals surface area contributed by atoms with Crippen LogP contribution in [0.3, 0.4) is 0 Å². The lowest BCUT2D eigenvalue weighted by Crippen LogP contribution is -2.39. The zero-order chi connectivity index (χ0) is 44.0. The Morgan fingerprint density at radius 1 is 0.603 bits per heavy atom. The van der Waals surface area contributed by atoms with E-state index in [4.69, 9.17) is 16.6 Å². The third-order valence-electron chi connectivity index (χ3n) is 11.5. The van der Waals surface area contributed by atoms with Crippen molar-refractivity contribution in [2.75, 3.05) is 44.6 Å². The van der Waals surface area contributed by atoms with Gasteiger partial charge in [0.05, 0.1) is 40.7 Å². The maximum atomic E-state index is 13.3. The number of anilines is 2. The van der Waals surface area contributed by atoms with Gasteiger partial charge in [-0.3, -0.25) is 19.3 Å². The Balaban J connectivity index is 0.000000180. The lowest BCUT2D eigenvalue weighted by molar-refractivity contribution is -0.0558. The first-order chi connectivity index (χ1) is 30.3. The SMILES string of the molecule is CC(C)c1cnnc(Nc2ccc3ncc(-c4cnn(CCCN5CCC(F)(F)CC5)c4)cc3n2)c1.FC1(F)CCN(CCCn2cc(-c3cnc4ccc(Cl)nc4c3)cn2)CC1. The van der Waals surface area contributed by atoms with E-state index in [1.165, 1.54) is 0 Å². The number of hydrogen-bond acceptors (Lipinski definition) is 11. The molecule has 2 aliphatic rings. The van der Waals surface area contributed by atoms with Crippen molar-refractivity contribution in [3.8, 4) is 22.3 Å². The van der Waals surface area contributed by atoms with Crippen LogP contribution in [0.4, 0.5) is 29.2 Å². The van der Waals surface area contributed by atoms with Crippen molar-refractivity contribution in [1.82, 2.24) is 59.5 Å². The molecule has 0 spiro atoms. The van der Waals surface area contributed by atoms with Gasteiger partial charge in [-0.25, -0.2) is 27.5 Å². The largest absolute Gasteiger partial charge is 0.323 e. The van der Waals surface area contributed by atoms with Gasteiger partial charge in [-0.1, -0.05) is 25.4 Å². The summed E-state index contributed by atoms with van der Waals surface area (Å²) in [5.41, 5.74) is 7.98. The number of nitrogens with zero attached hydrogens (tertiary/aromatic N) is 12. The molecule has 0 atom stereocenters.